The molecule has 2 saturated heterocycles. The van der Waals surface area contributed by atoms with Gasteiger partial charge in [-0.15, -0.1) is 11.3 Å². The van der Waals surface area contributed by atoms with Gasteiger partial charge in [0.2, 0.25) is 0 Å². The molecule has 3 rings (SSSR count). The Morgan fingerprint density at radius 1 is 1.41 bits per heavy atom. The van der Waals surface area contributed by atoms with Gasteiger partial charge in [-0.3, -0.25) is 0 Å². The number of rotatable bonds is 3. The molecule has 5 nitrogen and oxygen atoms in total. The van der Waals surface area contributed by atoms with E-state index in [0.29, 0.717) is 5.41 Å². The highest BCUT2D eigenvalue weighted by molar-refractivity contribution is 7.09. The third-order valence-corrected chi connectivity index (χ3v) is 6.01. The zero-order valence-corrected chi connectivity index (χ0v) is 14.0. The molecule has 0 aromatic carbocycles. The summed E-state index contributed by atoms with van der Waals surface area (Å²) >= 11 is 1.60. The van der Waals surface area contributed by atoms with Crippen LogP contribution in [0.25, 0.3) is 0 Å². The molecule has 1 aromatic heterocycles. The molecule has 1 N–H and O–H groups in total. The SMILES string of the molecule is CCC(NC(=O)N1CCC2(CCOCC2)CC1)c1nccs1. The zero-order chi connectivity index (χ0) is 15.4. The molecule has 1 aromatic rings. The van der Waals surface area contributed by atoms with Crippen molar-refractivity contribution in [1.29, 1.82) is 0 Å². The van der Waals surface area contributed by atoms with Gasteiger partial charge in [-0.2, -0.15) is 0 Å². The summed E-state index contributed by atoms with van der Waals surface area (Å²) in [5, 5.41) is 6.09. The number of carbonyl (C=O) groups is 1. The van der Waals surface area contributed by atoms with Gasteiger partial charge in [-0.05, 0) is 37.5 Å². The molecule has 2 aliphatic rings. The van der Waals surface area contributed by atoms with Crippen molar-refractivity contribution in [1.82, 2.24) is 15.2 Å². The number of piperidine rings is 1. The molecule has 1 spiro atoms. The molecule has 122 valence electrons. The second-order valence-electron chi connectivity index (χ2n) is 6.38. The molecular weight excluding hydrogens is 298 g/mol. The van der Waals surface area contributed by atoms with Gasteiger partial charge >= 0.3 is 6.03 Å². The van der Waals surface area contributed by atoms with E-state index in [1.54, 1.807) is 17.5 Å². The maximum absolute atomic E-state index is 12.5. The zero-order valence-electron chi connectivity index (χ0n) is 13.2. The van der Waals surface area contributed by atoms with E-state index in [0.717, 1.165) is 63.4 Å². The smallest absolute Gasteiger partial charge is 0.317 e. The Balaban J connectivity index is 1.53. The number of thiazole rings is 1. The summed E-state index contributed by atoms with van der Waals surface area (Å²) in [5.74, 6) is 0. The lowest BCUT2D eigenvalue weighted by Gasteiger charge is -2.44. The Bertz CT molecular complexity index is 476. The van der Waals surface area contributed by atoms with E-state index in [9.17, 15) is 4.79 Å². The average molecular weight is 323 g/mol. The van der Waals surface area contributed by atoms with Gasteiger partial charge < -0.3 is 15.0 Å². The van der Waals surface area contributed by atoms with Crippen molar-refractivity contribution in [2.45, 2.75) is 45.1 Å². The Morgan fingerprint density at radius 2 is 2.14 bits per heavy atom. The molecule has 3 heterocycles. The number of carbonyl (C=O) groups excluding carboxylic acids is 1. The number of hydrogen-bond donors (Lipinski definition) is 1. The van der Waals surface area contributed by atoms with Crippen LogP contribution in [0.5, 0.6) is 0 Å². The molecule has 1 atom stereocenters. The predicted octanol–water partition coefficient (Wildman–Crippen LogP) is 3.20. The van der Waals surface area contributed by atoms with Crippen LogP contribution < -0.4 is 5.32 Å². The minimum absolute atomic E-state index is 0.0338. The van der Waals surface area contributed by atoms with E-state index in [1.165, 1.54) is 0 Å². The summed E-state index contributed by atoms with van der Waals surface area (Å²) in [7, 11) is 0. The molecule has 2 aliphatic heterocycles. The first-order chi connectivity index (χ1) is 10.7. The minimum atomic E-state index is 0.0338. The number of ether oxygens (including phenoxy) is 1. The number of nitrogens with zero attached hydrogens (tertiary/aromatic N) is 2. The molecule has 0 radical (unpaired) electrons. The molecule has 0 aliphatic carbocycles. The maximum atomic E-state index is 12.5. The fourth-order valence-electron chi connectivity index (χ4n) is 3.47. The van der Waals surface area contributed by atoms with Crippen molar-refractivity contribution in [3.63, 3.8) is 0 Å². The summed E-state index contributed by atoms with van der Waals surface area (Å²) in [6, 6.07) is 0.0930. The lowest BCUT2D eigenvalue weighted by molar-refractivity contribution is -0.0146. The van der Waals surface area contributed by atoms with Crippen LogP contribution in [0.4, 0.5) is 4.79 Å². The first-order valence-corrected chi connectivity index (χ1v) is 9.13. The van der Waals surface area contributed by atoms with Crippen molar-refractivity contribution in [3.8, 4) is 0 Å². The molecule has 1 unspecified atom stereocenters. The van der Waals surface area contributed by atoms with Crippen LogP contribution in [0, 0.1) is 5.41 Å². The second-order valence-corrected chi connectivity index (χ2v) is 7.31. The number of nitrogens with one attached hydrogen (secondary N) is 1. The molecule has 2 amide bonds. The number of hydrogen-bond acceptors (Lipinski definition) is 4. The van der Waals surface area contributed by atoms with Crippen molar-refractivity contribution in [2.75, 3.05) is 26.3 Å². The third-order valence-electron chi connectivity index (χ3n) is 5.12. The van der Waals surface area contributed by atoms with Crippen LogP contribution in [-0.2, 0) is 4.74 Å². The van der Waals surface area contributed by atoms with Crippen LogP contribution in [0.15, 0.2) is 11.6 Å². The summed E-state index contributed by atoms with van der Waals surface area (Å²) in [6.07, 6.45) is 7.19. The number of aromatic nitrogens is 1. The van der Waals surface area contributed by atoms with Gasteiger partial charge in [0.1, 0.15) is 5.01 Å². The van der Waals surface area contributed by atoms with Crippen molar-refractivity contribution in [2.24, 2.45) is 5.41 Å². The van der Waals surface area contributed by atoms with Crippen LogP contribution in [0.2, 0.25) is 0 Å². The lowest BCUT2D eigenvalue weighted by Crippen LogP contribution is -2.49. The minimum Gasteiger partial charge on any atom is -0.381 e. The molecule has 0 bridgehead atoms. The lowest BCUT2D eigenvalue weighted by atomic mass is 9.72. The van der Waals surface area contributed by atoms with E-state index < -0.39 is 0 Å². The monoisotopic (exact) mass is 323 g/mol. The molecular formula is C16H25N3O2S. The number of amides is 2. The number of likely N-dealkylation sites (tertiary alicyclic amines) is 1. The van der Waals surface area contributed by atoms with E-state index in [1.807, 2.05) is 10.3 Å². The van der Waals surface area contributed by atoms with E-state index in [-0.39, 0.29) is 12.1 Å². The van der Waals surface area contributed by atoms with Crippen LogP contribution in [0.3, 0.4) is 0 Å². The highest BCUT2D eigenvalue weighted by atomic mass is 32.1. The van der Waals surface area contributed by atoms with Crippen molar-refractivity contribution >= 4 is 17.4 Å². The van der Waals surface area contributed by atoms with Crippen molar-refractivity contribution < 1.29 is 9.53 Å². The summed E-state index contributed by atoms with van der Waals surface area (Å²) in [5.41, 5.74) is 0.425. The second kappa shape index (κ2) is 6.96. The fourth-order valence-corrected chi connectivity index (χ4v) is 4.25. The molecule has 0 saturated carbocycles. The first kappa shape index (κ1) is 15.7. The predicted molar refractivity (Wildman–Crippen MR) is 87.0 cm³/mol. The highest BCUT2D eigenvalue weighted by Crippen LogP contribution is 2.40. The largest absolute Gasteiger partial charge is 0.381 e. The molecule has 22 heavy (non-hydrogen) atoms. The van der Waals surface area contributed by atoms with Crippen molar-refractivity contribution in [3.05, 3.63) is 16.6 Å². The normalized spacial score (nSPS) is 22.5. The summed E-state index contributed by atoms with van der Waals surface area (Å²) in [6.45, 7) is 5.57. The molecule has 2 fully saturated rings. The quantitative estimate of drug-likeness (QED) is 0.929. The highest BCUT2D eigenvalue weighted by Gasteiger charge is 2.37. The Kier molecular flexibility index (Phi) is 4.98. The van der Waals surface area contributed by atoms with Gasteiger partial charge in [0.05, 0.1) is 6.04 Å². The maximum Gasteiger partial charge on any atom is 0.317 e. The molecule has 6 heteroatoms. The topological polar surface area (TPSA) is 54.5 Å². The third kappa shape index (κ3) is 3.43. The van der Waals surface area contributed by atoms with E-state index in [4.69, 9.17) is 4.74 Å². The van der Waals surface area contributed by atoms with Gasteiger partial charge in [0.25, 0.3) is 0 Å². The van der Waals surface area contributed by atoms with Gasteiger partial charge in [-0.25, -0.2) is 9.78 Å². The Hall–Kier alpha value is -1.14. The van der Waals surface area contributed by atoms with Gasteiger partial charge in [0.15, 0.2) is 0 Å². The summed E-state index contributed by atoms with van der Waals surface area (Å²) < 4.78 is 5.48. The summed E-state index contributed by atoms with van der Waals surface area (Å²) in [4.78, 5) is 18.8. The Morgan fingerprint density at radius 3 is 2.73 bits per heavy atom. The van der Waals surface area contributed by atoms with Crippen LogP contribution in [-0.4, -0.2) is 42.2 Å². The fraction of sp³-hybridized carbons (Fsp3) is 0.750. The average Bonchev–Trinajstić information content (AvgIpc) is 3.08. The van der Waals surface area contributed by atoms with E-state index in [2.05, 4.69) is 17.2 Å². The Labute approximate surface area is 136 Å². The van der Waals surface area contributed by atoms with E-state index >= 15 is 0 Å². The van der Waals surface area contributed by atoms with Gasteiger partial charge in [0, 0.05) is 37.9 Å². The van der Waals surface area contributed by atoms with Crippen LogP contribution >= 0.6 is 11.3 Å². The first-order valence-electron chi connectivity index (χ1n) is 8.25. The van der Waals surface area contributed by atoms with Crippen LogP contribution in [0.1, 0.15) is 50.1 Å². The standard InChI is InChI=1S/C16H25N3O2S/c1-2-13(14-17-7-12-22-14)18-15(20)19-8-3-16(4-9-19)5-10-21-11-6-16/h7,12-13H,2-6,8-11H2,1H3,(H,18,20). The van der Waals surface area contributed by atoms with Gasteiger partial charge in [-0.1, -0.05) is 6.92 Å². The number of urea groups is 1.